The lowest BCUT2D eigenvalue weighted by atomic mass is 10.1. The molecule has 164 valence electrons. The van der Waals surface area contributed by atoms with Gasteiger partial charge in [0.1, 0.15) is 11.6 Å². The third-order valence-corrected chi connectivity index (χ3v) is 6.15. The van der Waals surface area contributed by atoms with E-state index in [1.807, 2.05) is 0 Å². The molecule has 4 aromatic heterocycles. The van der Waals surface area contributed by atoms with Crippen LogP contribution in [0.5, 0.6) is 0 Å². The van der Waals surface area contributed by atoms with Crippen LogP contribution in [0.15, 0.2) is 47.9 Å². The van der Waals surface area contributed by atoms with Crippen molar-refractivity contribution in [2.45, 2.75) is 18.3 Å². The van der Waals surface area contributed by atoms with E-state index < -0.39 is 28.9 Å². The summed E-state index contributed by atoms with van der Waals surface area (Å²) in [5.41, 5.74) is 0.828. The van der Waals surface area contributed by atoms with Crippen LogP contribution in [0.3, 0.4) is 0 Å². The number of aliphatic hydroxyl groups is 1. The maximum atomic E-state index is 13.3. The molecule has 1 fully saturated rings. The highest BCUT2D eigenvalue weighted by Crippen LogP contribution is 2.37. The molecule has 32 heavy (non-hydrogen) atoms. The van der Waals surface area contributed by atoms with Crippen LogP contribution in [0, 0.1) is 0 Å². The van der Waals surface area contributed by atoms with Gasteiger partial charge in [-0.1, -0.05) is 0 Å². The number of alkyl halides is 3. The Balaban J connectivity index is 1.75. The summed E-state index contributed by atoms with van der Waals surface area (Å²) in [4.78, 5) is 29.9. The van der Waals surface area contributed by atoms with Crippen LogP contribution in [0.2, 0.25) is 0 Å². The number of nitrogens with zero attached hydrogens (tertiary/aromatic N) is 5. The molecule has 0 amide bonds. The Morgan fingerprint density at radius 3 is 2.72 bits per heavy atom. The van der Waals surface area contributed by atoms with Crippen LogP contribution >= 0.6 is 11.3 Å². The summed E-state index contributed by atoms with van der Waals surface area (Å²) in [6.45, 7) is 0.240. The Labute approximate surface area is 182 Å². The predicted molar refractivity (Wildman–Crippen MR) is 109 cm³/mol. The summed E-state index contributed by atoms with van der Waals surface area (Å²) in [6, 6.07) is 4.18. The number of rotatable bonds is 3. The van der Waals surface area contributed by atoms with Gasteiger partial charge in [0.05, 0.1) is 47.2 Å². The van der Waals surface area contributed by atoms with Gasteiger partial charge in [0, 0.05) is 24.2 Å². The highest BCUT2D eigenvalue weighted by molar-refractivity contribution is 7.15. The van der Waals surface area contributed by atoms with Gasteiger partial charge in [-0.05, 0) is 18.2 Å². The van der Waals surface area contributed by atoms with E-state index in [9.17, 15) is 23.1 Å². The fourth-order valence-corrected chi connectivity index (χ4v) is 4.27. The number of pyridine rings is 2. The molecule has 0 aromatic carbocycles. The average Bonchev–Trinajstić information content (AvgIpc) is 3.44. The lowest BCUT2D eigenvalue weighted by Gasteiger charge is -2.16. The summed E-state index contributed by atoms with van der Waals surface area (Å²) in [7, 11) is 0. The second-order valence-corrected chi connectivity index (χ2v) is 8.18. The van der Waals surface area contributed by atoms with Gasteiger partial charge in [0.2, 0.25) is 0 Å². The average molecular weight is 461 g/mol. The lowest BCUT2D eigenvalue weighted by Crippen LogP contribution is -2.32. The highest BCUT2D eigenvalue weighted by Gasteiger charge is 2.35. The van der Waals surface area contributed by atoms with Crippen LogP contribution in [-0.2, 0) is 10.9 Å². The van der Waals surface area contributed by atoms with Crippen molar-refractivity contribution in [3.8, 4) is 21.8 Å². The van der Waals surface area contributed by atoms with E-state index in [0.29, 0.717) is 22.6 Å². The fourth-order valence-electron chi connectivity index (χ4n) is 3.53. The van der Waals surface area contributed by atoms with Gasteiger partial charge >= 0.3 is 6.18 Å². The molecule has 1 saturated heterocycles. The van der Waals surface area contributed by atoms with E-state index in [0.717, 1.165) is 6.20 Å². The molecule has 0 radical (unpaired) electrons. The molecule has 1 N–H and O–H groups in total. The van der Waals surface area contributed by atoms with Crippen LogP contribution in [0.4, 0.5) is 13.2 Å². The van der Waals surface area contributed by atoms with E-state index in [1.165, 1.54) is 23.2 Å². The molecular weight excluding hydrogens is 447 g/mol. The van der Waals surface area contributed by atoms with Gasteiger partial charge in [-0.25, -0.2) is 15.0 Å². The zero-order chi connectivity index (χ0) is 22.5. The molecule has 4 aromatic rings. The Morgan fingerprint density at radius 1 is 1.22 bits per heavy atom. The zero-order valence-electron chi connectivity index (χ0n) is 16.2. The number of aromatic nitrogens is 5. The van der Waals surface area contributed by atoms with Crippen molar-refractivity contribution in [3.63, 3.8) is 0 Å². The minimum Gasteiger partial charge on any atom is -0.388 e. The van der Waals surface area contributed by atoms with Crippen molar-refractivity contribution in [1.82, 2.24) is 24.5 Å². The summed E-state index contributed by atoms with van der Waals surface area (Å²) in [5.74, 6) is 0. The zero-order valence-corrected chi connectivity index (χ0v) is 17.0. The predicted octanol–water partition coefficient (Wildman–Crippen LogP) is 2.93. The summed E-state index contributed by atoms with van der Waals surface area (Å²) >= 11 is 0.438. The molecule has 0 aliphatic carbocycles. The van der Waals surface area contributed by atoms with Crippen molar-refractivity contribution in [3.05, 3.63) is 58.5 Å². The molecule has 8 nitrogen and oxygen atoms in total. The Bertz CT molecular complexity index is 1360. The number of ether oxygens (including phenoxy) is 1. The first kappa shape index (κ1) is 20.7. The first-order valence-corrected chi connectivity index (χ1v) is 10.3. The van der Waals surface area contributed by atoms with E-state index in [4.69, 9.17) is 4.74 Å². The third kappa shape index (κ3) is 3.55. The summed E-state index contributed by atoms with van der Waals surface area (Å²) < 4.78 is 45.7. The minimum atomic E-state index is -4.58. The molecule has 0 bridgehead atoms. The van der Waals surface area contributed by atoms with Crippen LogP contribution in [-0.4, -0.2) is 48.9 Å². The van der Waals surface area contributed by atoms with Crippen LogP contribution in [0.1, 0.15) is 11.0 Å². The van der Waals surface area contributed by atoms with Crippen molar-refractivity contribution < 1.29 is 23.0 Å². The number of thiazole rings is 1. The number of hydrogen-bond acceptors (Lipinski definition) is 8. The first-order valence-electron chi connectivity index (χ1n) is 9.44. The van der Waals surface area contributed by atoms with Crippen molar-refractivity contribution >= 4 is 22.2 Å². The highest BCUT2D eigenvalue weighted by atomic mass is 32.1. The number of halogens is 3. The summed E-state index contributed by atoms with van der Waals surface area (Å²) in [5, 5.41) is 9.28. The monoisotopic (exact) mass is 461 g/mol. The molecular formula is C20H14F3N5O3S. The topological polar surface area (TPSA) is 103 Å². The van der Waals surface area contributed by atoms with E-state index in [1.54, 1.807) is 18.3 Å². The van der Waals surface area contributed by atoms with Gasteiger partial charge in [-0.3, -0.25) is 14.3 Å². The van der Waals surface area contributed by atoms with E-state index in [2.05, 4.69) is 19.9 Å². The second kappa shape index (κ2) is 7.73. The quantitative estimate of drug-likeness (QED) is 0.500. The molecule has 0 spiro atoms. The molecule has 12 heteroatoms. The Morgan fingerprint density at radius 2 is 2.06 bits per heavy atom. The second-order valence-electron chi connectivity index (χ2n) is 7.15. The normalized spacial score (nSPS) is 19.0. The van der Waals surface area contributed by atoms with Crippen LogP contribution in [0.25, 0.3) is 32.7 Å². The van der Waals surface area contributed by atoms with E-state index in [-0.39, 0.29) is 34.7 Å². The number of fused-ring (bicyclic) bond motifs is 1. The van der Waals surface area contributed by atoms with Crippen molar-refractivity contribution in [2.75, 3.05) is 13.2 Å². The Hall–Kier alpha value is -3.22. The molecule has 1 aliphatic heterocycles. The van der Waals surface area contributed by atoms with Crippen LogP contribution < -0.4 is 5.56 Å². The fraction of sp³-hybridized carbons (Fsp3) is 0.250. The maximum Gasteiger partial charge on any atom is 0.443 e. The molecule has 1 aliphatic rings. The van der Waals surface area contributed by atoms with Gasteiger partial charge in [0.25, 0.3) is 5.56 Å². The first-order chi connectivity index (χ1) is 15.3. The SMILES string of the molecule is O=c1c2cc(-c3cnc(C(F)(F)F)s3)nc(-c3cccnc3)c2ncn1[C@H]1COC[C@@H]1O. The molecule has 0 saturated carbocycles. The molecule has 5 rings (SSSR count). The summed E-state index contributed by atoms with van der Waals surface area (Å²) in [6.07, 6.45) is 0.0407. The van der Waals surface area contributed by atoms with Gasteiger partial charge in [0.15, 0.2) is 5.01 Å². The van der Waals surface area contributed by atoms with Gasteiger partial charge in [-0.2, -0.15) is 13.2 Å². The van der Waals surface area contributed by atoms with E-state index >= 15 is 0 Å². The van der Waals surface area contributed by atoms with Gasteiger partial charge in [-0.15, -0.1) is 11.3 Å². The van der Waals surface area contributed by atoms with Gasteiger partial charge < -0.3 is 9.84 Å². The molecule has 5 heterocycles. The third-order valence-electron chi connectivity index (χ3n) is 5.08. The largest absolute Gasteiger partial charge is 0.443 e. The molecule has 2 atom stereocenters. The standard InChI is InChI=1S/C20H14F3N5O3S/c21-20(22,23)19-25-6-15(32-19)12-4-11-17(16(27-12)10-2-1-3-24-5-10)26-9-28(18(11)30)13-7-31-8-14(13)29/h1-6,9,13-14,29H,7-8H2/t13-,14-/m0/s1. The minimum absolute atomic E-state index is 0.0960. The lowest BCUT2D eigenvalue weighted by molar-refractivity contribution is -0.137. The smallest absolute Gasteiger partial charge is 0.388 e. The van der Waals surface area contributed by atoms with Crippen molar-refractivity contribution in [1.29, 1.82) is 0 Å². The Kier molecular flexibility index (Phi) is 4.99. The molecule has 0 unspecified atom stereocenters. The number of hydrogen-bond donors (Lipinski definition) is 1. The number of aliphatic hydroxyl groups excluding tert-OH is 1. The van der Waals surface area contributed by atoms with Crippen molar-refractivity contribution in [2.24, 2.45) is 0 Å². The maximum absolute atomic E-state index is 13.3.